The lowest BCUT2D eigenvalue weighted by atomic mass is 10.2. The Morgan fingerprint density at radius 1 is 1.58 bits per heavy atom. The van der Waals surface area contributed by atoms with E-state index in [1.807, 2.05) is 6.92 Å². The summed E-state index contributed by atoms with van der Waals surface area (Å²) >= 11 is 0. The summed E-state index contributed by atoms with van der Waals surface area (Å²) < 4.78 is 0. The number of nitrogens with two attached hydrogens (primary N) is 1. The molecule has 1 atom stereocenters. The molecular weight excluding hydrogens is 152 g/mol. The van der Waals surface area contributed by atoms with Crippen LogP contribution in [0.3, 0.4) is 0 Å². The predicted octanol–water partition coefficient (Wildman–Crippen LogP) is 1.03. The van der Waals surface area contributed by atoms with Gasteiger partial charge in [-0.3, -0.25) is 4.79 Å². The van der Waals surface area contributed by atoms with Gasteiger partial charge in [0.25, 0.3) is 0 Å². The largest absolute Gasteiger partial charge is 0.356 e. The minimum Gasteiger partial charge on any atom is -0.356 e. The summed E-state index contributed by atoms with van der Waals surface area (Å²) in [5.41, 5.74) is 5.52. The molecule has 0 aliphatic heterocycles. The van der Waals surface area contributed by atoms with E-state index in [0.29, 0.717) is 6.42 Å². The van der Waals surface area contributed by atoms with Gasteiger partial charge in [0.05, 0.1) is 0 Å². The lowest BCUT2D eigenvalue weighted by Gasteiger charge is -2.05. The molecule has 0 aliphatic rings. The standard InChI is InChI=1S/C9H20N2O/c1-3-4-7-11-9(12)6-5-8(2)10/h8H,3-7,10H2,1-2H3,(H,11,12). The molecule has 0 heterocycles. The minimum atomic E-state index is 0.126. The molecular formula is C9H20N2O. The molecule has 72 valence electrons. The highest BCUT2D eigenvalue weighted by molar-refractivity contribution is 5.75. The van der Waals surface area contributed by atoms with Crippen molar-refractivity contribution < 1.29 is 4.79 Å². The second-order valence-corrected chi connectivity index (χ2v) is 3.22. The van der Waals surface area contributed by atoms with Gasteiger partial charge in [0.1, 0.15) is 0 Å². The summed E-state index contributed by atoms with van der Waals surface area (Å²) in [7, 11) is 0. The molecule has 3 nitrogen and oxygen atoms in total. The number of rotatable bonds is 6. The zero-order chi connectivity index (χ0) is 9.40. The van der Waals surface area contributed by atoms with Crippen LogP contribution in [-0.4, -0.2) is 18.5 Å². The van der Waals surface area contributed by atoms with Gasteiger partial charge in [-0.15, -0.1) is 0 Å². The van der Waals surface area contributed by atoms with Crippen LogP contribution >= 0.6 is 0 Å². The molecule has 1 amide bonds. The zero-order valence-corrected chi connectivity index (χ0v) is 8.10. The summed E-state index contributed by atoms with van der Waals surface area (Å²) in [4.78, 5) is 11.1. The molecule has 0 fully saturated rings. The van der Waals surface area contributed by atoms with Crippen LogP contribution in [0.25, 0.3) is 0 Å². The highest BCUT2D eigenvalue weighted by atomic mass is 16.1. The average molecular weight is 172 g/mol. The monoisotopic (exact) mass is 172 g/mol. The van der Waals surface area contributed by atoms with Crippen molar-refractivity contribution in [3.8, 4) is 0 Å². The second kappa shape index (κ2) is 7.10. The Bertz CT molecular complexity index is 124. The quantitative estimate of drug-likeness (QED) is 0.588. The summed E-state index contributed by atoms with van der Waals surface area (Å²) in [5.74, 6) is 0.126. The average Bonchev–Trinajstić information content (AvgIpc) is 2.01. The van der Waals surface area contributed by atoms with Crippen LogP contribution < -0.4 is 11.1 Å². The van der Waals surface area contributed by atoms with E-state index in [9.17, 15) is 4.79 Å². The first-order chi connectivity index (χ1) is 5.66. The summed E-state index contributed by atoms with van der Waals surface area (Å²) in [5, 5.41) is 2.84. The first-order valence-corrected chi connectivity index (χ1v) is 4.69. The maximum Gasteiger partial charge on any atom is 0.220 e. The molecule has 0 aromatic heterocycles. The summed E-state index contributed by atoms with van der Waals surface area (Å²) in [6, 6.07) is 0.127. The van der Waals surface area contributed by atoms with Crippen molar-refractivity contribution >= 4 is 5.91 Å². The lowest BCUT2D eigenvalue weighted by molar-refractivity contribution is -0.121. The van der Waals surface area contributed by atoms with Crippen molar-refractivity contribution in [3.05, 3.63) is 0 Å². The van der Waals surface area contributed by atoms with Gasteiger partial charge in [0.15, 0.2) is 0 Å². The number of amides is 1. The van der Waals surface area contributed by atoms with E-state index in [0.717, 1.165) is 25.8 Å². The van der Waals surface area contributed by atoms with Crippen LogP contribution in [0.1, 0.15) is 39.5 Å². The Morgan fingerprint density at radius 3 is 2.75 bits per heavy atom. The van der Waals surface area contributed by atoms with Gasteiger partial charge in [-0.2, -0.15) is 0 Å². The third-order valence-electron chi connectivity index (χ3n) is 1.68. The van der Waals surface area contributed by atoms with Gasteiger partial charge < -0.3 is 11.1 Å². The van der Waals surface area contributed by atoms with Gasteiger partial charge in [-0.25, -0.2) is 0 Å². The van der Waals surface area contributed by atoms with Gasteiger partial charge >= 0.3 is 0 Å². The van der Waals surface area contributed by atoms with E-state index in [4.69, 9.17) is 5.73 Å². The number of nitrogens with one attached hydrogen (secondary N) is 1. The number of hydrogen-bond acceptors (Lipinski definition) is 2. The highest BCUT2D eigenvalue weighted by Crippen LogP contribution is 1.93. The molecule has 0 spiro atoms. The molecule has 1 unspecified atom stereocenters. The van der Waals surface area contributed by atoms with Crippen molar-refractivity contribution in [2.24, 2.45) is 5.73 Å². The van der Waals surface area contributed by atoms with Crippen molar-refractivity contribution in [1.29, 1.82) is 0 Å². The van der Waals surface area contributed by atoms with Crippen molar-refractivity contribution in [3.63, 3.8) is 0 Å². The van der Waals surface area contributed by atoms with E-state index in [1.165, 1.54) is 0 Å². The molecule has 3 heteroatoms. The molecule has 0 rings (SSSR count). The van der Waals surface area contributed by atoms with Crippen LogP contribution in [-0.2, 0) is 4.79 Å². The second-order valence-electron chi connectivity index (χ2n) is 3.22. The fourth-order valence-electron chi connectivity index (χ4n) is 0.852. The molecule has 0 saturated carbocycles. The Morgan fingerprint density at radius 2 is 2.25 bits per heavy atom. The molecule has 0 saturated heterocycles. The smallest absolute Gasteiger partial charge is 0.220 e. The van der Waals surface area contributed by atoms with Crippen LogP contribution in [0.2, 0.25) is 0 Å². The van der Waals surface area contributed by atoms with Gasteiger partial charge in [-0.1, -0.05) is 13.3 Å². The van der Waals surface area contributed by atoms with Crippen molar-refractivity contribution in [2.45, 2.75) is 45.6 Å². The van der Waals surface area contributed by atoms with E-state index in [1.54, 1.807) is 0 Å². The first-order valence-electron chi connectivity index (χ1n) is 4.69. The molecule has 0 aromatic rings. The topological polar surface area (TPSA) is 55.1 Å². The molecule has 12 heavy (non-hydrogen) atoms. The highest BCUT2D eigenvalue weighted by Gasteiger charge is 2.01. The van der Waals surface area contributed by atoms with E-state index in [2.05, 4.69) is 12.2 Å². The minimum absolute atomic E-state index is 0.126. The number of carbonyl (C=O) groups excluding carboxylic acids is 1. The molecule has 0 aromatic carbocycles. The third kappa shape index (κ3) is 7.54. The van der Waals surface area contributed by atoms with Crippen LogP contribution in [0.15, 0.2) is 0 Å². The maximum atomic E-state index is 11.1. The number of unbranched alkanes of at least 4 members (excludes halogenated alkanes) is 1. The van der Waals surface area contributed by atoms with Crippen LogP contribution in [0.5, 0.6) is 0 Å². The van der Waals surface area contributed by atoms with Gasteiger partial charge in [0.2, 0.25) is 5.91 Å². The fraction of sp³-hybridized carbons (Fsp3) is 0.889. The van der Waals surface area contributed by atoms with E-state index < -0.39 is 0 Å². The Labute approximate surface area is 74.7 Å². The molecule has 0 aliphatic carbocycles. The number of carbonyl (C=O) groups is 1. The van der Waals surface area contributed by atoms with Gasteiger partial charge in [-0.05, 0) is 19.8 Å². The first kappa shape index (κ1) is 11.4. The predicted molar refractivity (Wildman–Crippen MR) is 50.8 cm³/mol. The Hall–Kier alpha value is -0.570. The summed E-state index contributed by atoms with van der Waals surface area (Å²) in [6.07, 6.45) is 3.51. The van der Waals surface area contributed by atoms with Gasteiger partial charge in [0, 0.05) is 19.0 Å². The van der Waals surface area contributed by atoms with E-state index >= 15 is 0 Å². The zero-order valence-electron chi connectivity index (χ0n) is 8.10. The van der Waals surface area contributed by atoms with Crippen LogP contribution in [0, 0.1) is 0 Å². The van der Waals surface area contributed by atoms with E-state index in [-0.39, 0.29) is 11.9 Å². The Balaban J connectivity index is 3.22. The number of hydrogen-bond donors (Lipinski definition) is 2. The maximum absolute atomic E-state index is 11.1. The van der Waals surface area contributed by atoms with Crippen LogP contribution in [0.4, 0.5) is 0 Å². The molecule has 0 radical (unpaired) electrons. The Kier molecular flexibility index (Phi) is 6.76. The molecule has 0 bridgehead atoms. The summed E-state index contributed by atoms with van der Waals surface area (Å²) in [6.45, 7) is 4.82. The van der Waals surface area contributed by atoms with Crippen molar-refractivity contribution in [2.75, 3.05) is 6.54 Å². The SMILES string of the molecule is CCCCNC(=O)CCC(C)N. The lowest BCUT2D eigenvalue weighted by Crippen LogP contribution is -2.26. The fourth-order valence-corrected chi connectivity index (χ4v) is 0.852. The normalized spacial score (nSPS) is 12.6. The third-order valence-corrected chi connectivity index (χ3v) is 1.68. The molecule has 3 N–H and O–H groups in total. The van der Waals surface area contributed by atoms with Crippen molar-refractivity contribution in [1.82, 2.24) is 5.32 Å².